The summed E-state index contributed by atoms with van der Waals surface area (Å²) >= 11 is 1.77. The van der Waals surface area contributed by atoms with Gasteiger partial charge in [0.1, 0.15) is 0 Å². The second-order valence-electron chi connectivity index (χ2n) is 9.73. The van der Waals surface area contributed by atoms with Crippen LogP contribution in [-0.4, -0.2) is 59.7 Å². The van der Waals surface area contributed by atoms with Crippen molar-refractivity contribution in [3.8, 4) is 0 Å². The first kappa shape index (κ1) is 23.8. The van der Waals surface area contributed by atoms with E-state index in [0.29, 0.717) is 13.1 Å². The highest BCUT2D eigenvalue weighted by atomic mass is 32.1. The summed E-state index contributed by atoms with van der Waals surface area (Å²) in [6, 6.07) is 20.8. The molecule has 1 saturated heterocycles. The lowest BCUT2D eigenvalue weighted by molar-refractivity contribution is -0.140. The van der Waals surface area contributed by atoms with Crippen LogP contribution in [0.25, 0.3) is 0 Å². The summed E-state index contributed by atoms with van der Waals surface area (Å²) in [6.45, 7) is 5.13. The van der Waals surface area contributed by atoms with Crippen molar-refractivity contribution in [2.24, 2.45) is 0 Å². The van der Waals surface area contributed by atoms with Gasteiger partial charge in [-0.05, 0) is 48.5 Å². The molecule has 1 fully saturated rings. The molecule has 2 aliphatic heterocycles. The number of fused-ring (bicyclic) bond motifs is 1. The van der Waals surface area contributed by atoms with Crippen molar-refractivity contribution in [1.29, 1.82) is 0 Å². The van der Waals surface area contributed by atoms with Crippen LogP contribution in [0.5, 0.6) is 0 Å². The molecule has 1 aromatic heterocycles. The van der Waals surface area contributed by atoms with Crippen LogP contribution in [0.3, 0.4) is 0 Å². The number of rotatable bonds is 5. The Morgan fingerprint density at radius 3 is 2.31 bits per heavy atom. The summed E-state index contributed by atoms with van der Waals surface area (Å²) in [5.74, 6) is 0.131. The molecule has 2 aromatic carbocycles. The van der Waals surface area contributed by atoms with Crippen LogP contribution in [0, 0.1) is 6.92 Å². The van der Waals surface area contributed by atoms with Crippen LogP contribution >= 0.6 is 11.3 Å². The molecule has 2 atom stereocenters. The Morgan fingerprint density at radius 2 is 1.57 bits per heavy atom. The number of benzene rings is 2. The van der Waals surface area contributed by atoms with Gasteiger partial charge in [0.25, 0.3) is 0 Å². The van der Waals surface area contributed by atoms with Gasteiger partial charge in [0, 0.05) is 43.9 Å². The maximum absolute atomic E-state index is 13.5. The molecule has 2 aliphatic rings. The van der Waals surface area contributed by atoms with Gasteiger partial charge in [-0.1, -0.05) is 60.2 Å². The minimum Gasteiger partial charge on any atom is -0.333 e. The van der Waals surface area contributed by atoms with E-state index in [4.69, 9.17) is 0 Å². The first-order valence-electron chi connectivity index (χ1n) is 12.5. The first-order valence-corrected chi connectivity index (χ1v) is 13.3. The molecule has 5 nitrogen and oxygen atoms in total. The van der Waals surface area contributed by atoms with Gasteiger partial charge in [-0.3, -0.25) is 9.59 Å². The summed E-state index contributed by atoms with van der Waals surface area (Å²) in [6.07, 6.45) is 1.37. The molecule has 0 aliphatic carbocycles. The Labute approximate surface area is 212 Å². The average Bonchev–Trinajstić information content (AvgIpc) is 3.36. The lowest BCUT2D eigenvalue weighted by Crippen LogP contribution is -2.49. The van der Waals surface area contributed by atoms with E-state index < -0.39 is 0 Å². The Kier molecular flexibility index (Phi) is 7.02. The van der Waals surface area contributed by atoms with Gasteiger partial charge in [-0.25, -0.2) is 0 Å². The number of aryl methyl sites for hydroxylation is 1. The topological polar surface area (TPSA) is 43.9 Å². The van der Waals surface area contributed by atoms with Crippen molar-refractivity contribution < 1.29 is 9.59 Å². The van der Waals surface area contributed by atoms with E-state index in [9.17, 15) is 9.59 Å². The molecule has 5 rings (SSSR count). The van der Waals surface area contributed by atoms with Crippen molar-refractivity contribution in [2.75, 3.05) is 33.2 Å². The highest BCUT2D eigenvalue weighted by Crippen LogP contribution is 2.38. The lowest BCUT2D eigenvalue weighted by Gasteiger charge is -2.40. The number of carbonyl (C=O) groups excluding carboxylic acids is 2. The summed E-state index contributed by atoms with van der Waals surface area (Å²) in [5.41, 5.74) is 4.73. The number of nitrogens with zero attached hydrogens (tertiary/aromatic N) is 3. The maximum atomic E-state index is 13.5. The minimum atomic E-state index is -0.0751. The van der Waals surface area contributed by atoms with Crippen molar-refractivity contribution >= 4 is 23.2 Å². The van der Waals surface area contributed by atoms with Crippen LogP contribution < -0.4 is 0 Å². The van der Waals surface area contributed by atoms with Crippen LogP contribution in [0.4, 0.5) is 0 Å². The second kappa shape index (κ2) is 10.3. The van der Waals surface area contributed by atoms with E-state index in [0.717, 1.165) is 30.6 Å². The fraction of sp³-hybridized carbons (Fsp3) is 0.379. The molecular formula is C29H33N3O2S. The number of hydrogen-bond donors (Lipinski definition) is 0. The molecule has 3 aromatic rings. The second-order valence-corrected chi connectivity index (χ2v) is 10.7. The smallest absolute Gasteiger partial charge is 0.223 e. The zero-order valence-electron chi connectivity index (χ0n) is 20.5. The molecule has 0 bridgehead atoms. The van der Waals surface area contributed by atoms with E-state index in [1.165, 1.54) is 16.0 Å². The number of hydrogen-bond acceptors (Lipinski definition) is 4. The fourth-order valence-corrected chi connectivity index (χ4v) is 6.28. The highest BCUT2D eigenvalue weighted by Gasteiger charge is 2.34. The van der Waals surface area contributed by atoms with Crippen LogP contribution in [0.15, 0.2) is 66.0 Å². The third-order valence-electron chi connectivity index (χ3n) is 7.32. The predicted octanol–water partition coefficient (Wildman–Crippen LogP) is 4.83. The van der Waals surface area contributed by atoms with Crippen molar-refractivity contribution in [3.05, 3.63) is 93.2 Å². The number of likely N-dealkylation sites (N-methyl/N-ethyl adjacent to an activating group) is 1. The molecule has 3 heterocycles. The monoisotopic (exact) mass is 487 g/mol. The number of piperazine rings is 1. The van der Waals surface area contributed by atoms with E-state index in [1.807, 2.05) is 28.0 Å². The van der Waals surface area contributed by atoms with E-state index >= 15 is 0 Å². The normalized spacial score (nSPS) is 20.5. The van der Waals surface area contributed by atoms with Gasteiger partial charge in [-0.2, -0.15) is 0 Å². The van der Waals surface area contributed by atoms with Crippen LogP contribution in [-0.2, 0) is 16.0 Å². The van der Waals surface area contributed by atoms with E-state index in [-0.39, 0.29) is 36.7 Å². The Bertz CT molecular complexity index is 1170. The minimum absolute atomic E-state index is 0.0289. The Balaban J connectivity index is 1.30. The summed E-state index contributed by atoms with van der Waals surface area (Å²) in [4.78, 5) is 34.5. The van der Waals surface area contributed by atoms with Gasteiger partial charge in [-0.15, -0.1) is 11.3 Å². The third kappa shape index (κ3) is 5.04. The van der Waals surface area contributed by atoms with Crippen molar-refractivity contribution in [1.82, 2.24) is 14.7 Å². The third-order valence-corrected chi connectivity index (χ3v) is 8.32. The standard InChI is InChI=1S/C29H33N3O2S/c1-21-8-10-23(11-9-21)29-24-15-19-35-26(24)14-16-32(29)28(34)13-12-27(33)31-18-17-30(2)20-25(31)22-6-4-3-5-7-22/h3-11,15,19,25,29H,12-14,16-18,20H2,1-2H3. The van der Waals surface area contributed by atoms with Gasteiger partial charge >= 0.3 is 0 Å². The average molecular weight is 488 g/mol. The number of amides is 2. The SMILES string of the molecule is Cc1ccc(C2c3ccsc3CCN2C(=O)CCC(=O)N2CCN(C)CC2c2ccccc2)cc1. The summed E-state index contributed by atoms with van der Waals surface area (Å²) in [7, 11) is 2.10. The van der Waals surface area contributed by atoms with E-state index in [1.54, 1.807) is 11.3 Å². The largest absolute Gasteiger partial charge is 0.333 e. The molecular weight excluding hydrogens is 454 g/mol. The number of thiophene rings is 1. The first-order chi connectivity index (χ1) is 17.0. The number of carbonyl (C=O) groups is 2. The maximum Gasteiger partial charge on any atom is 0.223 e. The molecule has 6 heteroatoms. The lowest BCUT2D eigenvalue weighted by atomic mass is 9.92. The Morgan fingerprint density at radius 1 is 0.857 bits per heavy atom. The van der Waals surface area contributed by atoms with Gasteiger partial charge in [0.15, 0.2) is 0 Å². The quantitative estimate of drug-likeness (QED) is 0.518. The van der Waals surface area contributed by atoms with E-state index in [2.05, 4.69) is 66.7 Å². The van der Waals surface area contributed by atoms with Gasteiger partial charge in [0.05, 0.1) is 12.1 Å². The molecule has 2 unspecified atom stereocenters. The van der Waals surface area contributed by atoms with Crippen molar-refractivity contribution in [3.63, 3.8) is 0 Å². The molecule has 0 spiro atoms. The Hall–Kier alpha value is -2.96. The molecule has 0 N–H and O–H groups in total. The molecule has 182 valence electrons. The molecule has 2 amide bonds. The van der Waals surface area contributed by atoms with Crippen LogP contribution in [0.2, 0.25) is 0 Å². The van der Waals surface area contributed by atoms with Crippen molar-refractivity contribution in [2.45, 2.75) is 38.3 Å². The fourth-order valence-electron chi connectivity index (χ4n) is 5.37. The zero-order chi connectivity index (χ0) is 24.4. The van der Waals surface area contributed by atoms with Crippen LogP contribution in [0.1, 0.15) is 52.1 Å². The molecule has 0 saturated carbocycles. The predicted molar refractivity (Wildman–Crippen MR) is 140 cm³/mol. The molecule has 0 radical (unpaired) electrons. The van der Waals surface area contributed by atoms with Gasteiger partial charge in [0.2, 0.25) is 11.8 Å². The zero-order valence-corrected chi connectivity index (χ0v) is 21.3. The summed E-state index contributed by atoms with van der Waals surface area (Å²) < 4.78 is 0. The van der Waals surface area contributed by atoms with Gasteiger partial charge < -0.3 is 14.7 Å². The highest BCUT2D eigenvalue weighted by molar-refractivity contribution is 7.10. The summed E-state index contributed by atoms with van der Waals surface area (Å²) in [5, 5.41) is 2.13. The molecule has 35 heavy (non-hydrogen) atoms.